The Morgan fingerprint density at radius 3 is 2.90 bits per heavy atom. The summed E-state index contributed by atoms with van der Waals surface area (Å²) in [6.07, 6.45) is 0.667. The first-order valence-corrected chi connectivity index (χ1v) is 10.5. The van der Waals surface area contributed by atoms with E-state index in [2.05, 4.69) is 10.3 Å². The monoisotopic (exact) mass is 429 g/mol. The van der Waals surface area contributed by atoms with E-state index in [1.54, 1.807) is 10.3 Å². The molecule has 3 heterocycles. The Bertz CT molecular complexity index is 1170. The highest BCUT2D eigenvalue weighted by Gasteiger charge is 2.57. The van der Waals surface area contributed by atoms with Crippen LogP contribution in [0.25, 0.3) is 11.3 Å². The Hall–Kier alpha value is -2.78. The van der Waals surface area contributed by atoms with Crippen LogP contribution < -0.4 is 10.2 Å². The third-order valence-corrected chi connectivity index (χ3v) is 7.19. The van der Waals surface area contributed by atoms with Crippen molar-refractivity contribution in [1.29, 1.82) is 0 Å². The van der Waals surface area contributed by atoms with Crippen molar-refractivity contribution in [2.24, 2.45) is 0 Å². The summed E-state index contributed by atoms with van der Waals surface area (Å²) < 4.78 is 27.5. The Kier molecular flexibility index (Phi) is 4.18. The molecule has 1 saturated heterocycles. The summed E-state index contributed by atoms with van der Waals surface area (Å²) >= 11 is 2.47. The van der Waals surface area contributed by atoms with Crippen molar-refractivity contribution >= 4 is 45.7 Å². The normalized spacial score (nSPS) is 19.9. The van der Waals surface area contributed by atoms with Gasteiger partial charge in [0.25, 0.3) is 5.91 Å². The number of halogens is 2. The SMILES string of the molecule is O=C1CC[C@@]2(C(=O)Nc3nc(-c4cc(F)ccc4F)cs3)Sc3ccccc3N12. The summed E-state index contributed by atoms with van der Waals surface area (Å²) in [6, 6.07) is 10.5. The first-order valence-electron chi connectivity index (χ1n) is 8.81. The molecular formula is C20H13F2N3O2S2. The lowest BCUT2D eigenvalue weighted by Crippen LogP contribution is -2.49. The number of thioether (sulfide) groups is 1. The molecule has 1 fully saturated rings. The van der Waals surface area contributed by atoms with Gasteiger partial charge in [-0.25, -0.2) is 13.8 Å². The maximum absolute atomic E-state index is 14.0. The van der Waals surface area contributed by atoms with Crippen LogP contribution in [0.15, 0.2) is 52.7 Å². The second-order valence-corrected chi connectivity index (χ2v) is 8.88. The van der Waals surface area contributed by atoms with E-state index in [9.17, 15) is 18.4 Å². The van der Waals surface area contributed by atoms with E-state index in [1.165, 1.54) is 11.8 Å². The molecule has 0 unspecified atom stereocenters. The fourth-order valence-electron chi connectivity index (χ4n) is 3.64. The van der Waals surface area contributed by atoms with Gasteiger partial charge in [-0.3, -0.25) is 19.8 Å². The molecule has 3 aromatic rings. The van der Waals surface area contributed by atoms with Crippen LogP contribution >= 0.6 is 23.1 Å². The summed E-state index contributed by atoms with van der Waals surface area (Å²) in [5, 5.41) is 4.58. The number of amides is 2. The minimum absolute atomic E-state index is 0.0280. The van der Waals surface area contributed by atoms with Gasteiger partial charge in [-0.1, -0.05) is 23.9 Å². The Labute approximate surface area is 172 Å². The Morgan fingerprint density at radius 1 is 1.21 bits per heavy atom. The number of aromatic nitrogens is 1. The molecule has 1 atom stereocenters. The molecule has 1 N–H and O–H groups in total. The topological polar surface area (TPSA) is 62.3 Å². The molecule has 2 amide bonds. The van der Waals surface area contributed by atoms with Crippen LogP contribution in [0.3, 0.4) is 0 Å². The van der Waals surface area contributed by atoms with Gasteiger partial charge in [-0.2, -0.15) is 0 Å². The lowest BCUT2D eigenvalue weighted by atomic mass is 10.1. The van der Waals surface area contributed by atoms with Crippen LogP contribution in [0.5, 0.6) is 0 Å². The van der Waals surface area contributed by atoms with E-state index >= 15 is 0 Å². The minimum Gasteiger partial charge on any atom is -0.299 e. The average molecular weight is 429 g/mol. The molecule has 0 bridgehead atoms. The number of para-hydroxylation sites is 1. The van der Waals surface area contributed by atoms with Gasteiger partial charge in [0.05, 0.1) is 11.4 Å². The molecule has 9 heteroatoms. The molecule has 5 rings (SSSR count). The van der Waals surface area contributed by atoms with Crippen LogP contribution in [-0.2, 0) is 9.59 Å². The summed E-state index contributed by atoms with van der Waals surface area (Å²) in [7, 11) is 0. The fraction of sp³-hybridized carbons (Fsp3) is 0.150. The number of fused-ring (bicyclic) bond motifs is 3. The fourth-order valence-corrected chi connectivity index (χ4v) is 5.76. The molecular weight excluding hydrogens is 416 g/mol. The van der Waals surface area contributed by atoms with E-state index in [-0.39, 0.29) is 34.6 Å². The number of thiazole rings is 1. The molecule has 0 saturated carbocycles. The van der Waals surface area contributed by atoms with Gasteiger partial charge in [0.15, 0.2) is 10.0 Å². The van der Waals surface area contributed by atoms with Gasteiger partial charge in [-0.05, 0) is 36.8 Å². The van der Waals surface area contributed by atoms with Gasteiger partial charge in [-0.15, -0.1) is 11.3 Å². The van der Waals surface area contributed by atoms with E-state index in [1.807, 2.05) is 24.3 Å². The Balaban J connectivity index is 1.44. The molecule has 0 spiro atoms. The molecule has 2 aliphatic rings. The van der Waals surface area contributed by atoms with Crippen molar-refractivity contribution in [3.05, 3.63) is 59.5 Å². The third kappa shape index (κ3) is 2.84. The van der Waals surface area contributed by atoms with Crippen molar-refractivity contribution in [3.63, 3.8) is 0 Å². The summed E-state index contributed by atoms with van der Waals surface area (Å²) in [6.45, 7) is 0. The number of hydrogen-bond acceptors (Lipinski definition) is 5. The van der Waals surface area contributed by atoms with Crippen LogP contribution in [0.1, 0.15) is 12.8 Å². The first-order chi connectivity index (χ1) is 14.0. The Morgan fingerprint density at radius 2 is 2.03 bits per heavy atom. The van der Waals surface area contributed by atoms with Gasteiger partial charge in [0.2, 0.25) is 5.91 Å². The smallest absolute Gasteiger partial charge is 0.263 e. The van der Waals surface area contributed by atoms with Gasteiger partial charge in [0, 0.05) is 22.3 Å². The molecule has 2 aliphatic heterocycles. The third-order valence-electron chi connectivity index (χ3n) is 4.96. The van der Waals surface area contributed by atoms with Crippen molar-refractivity contribution < 1.29 is 18.4 Å². The van der Waals surface area contributed by atoms with Gasteiger partial charge in [0.1, 0.15) is 11.6 Å². The van der Waals surface area contributed by atoms with Gasteiger partial charge >= 0.3 is 0 Å². The van der Waals surface area contributed by atoms with E-state index in [0.29, 0.717) is 6.42 Å². The number of carbonyl (C=O) groups excluding carboxylic acids is 2. The van der Waals surface area contributed by atoms with Crippen molar-refractivity contribution in [2.75, 3.05) is 10.2 Å². The molecule has 29 heavy (non-hydrogen) atoms. The highest BCUT2D eigenvalue weighted by atomic mass is 32.2. The lowest BCUT2D eigenvalue weighted by molar-refractivity contribution is -0.121. The number of nitrogens with one attached hydrogen (secondary N) is 1. The number of rotatable bonds is 3. The molecule has 2 aromatic carbocycles. The maximum Gasteiger partial charge on any atom is 0.263 e. The summed E-state index contributed by atoms with van der Waals surface area (Å²) in [5.41, 5.74) is 0.999. The predicted octanol–water partition coefficient (Wildman–Crippen LogP) is 4.66. The zero-order chi connectivity index (χ0) is 20.2. The number of benzene rings is 2. The van der Waals surface area contributed by atoms with Gasteiger partial charge < -0.3 is 0 Å². The zero-order valence-corrected chi connectivity index (χ0v) is 16.4. The summed E-state index contributed by atoms with van der Waals surface area (Å²) in [5.74, 6) is -1.62. The van der Waals surface area contributed by atoms with Crippen molar-refractivity contribution in [1.82, 2.24) is 4.98 Å². The molecule has 0 radical (unpaired) electrons. The first kappa shape index (κ1) is 18.3. The number of nitrogens with zero attached hydrogens (tertiary/aromatic N) is 2. The lowest BCUT2D eigenvalue weighted by Gasteiger charge is -2.29. The minimum atomic E-state index is -1.06. The van der Waals surface area contributed by atoms with Crippen LogP contribution in [0, 0.1) is 11.6 Å². The molecule has 146 valence electrons. The number of hydrogen-bond donors (Lipinski definition) is 1. The van der Waals surface area contributed by atoms with E-state index in [4.69, 9.17) is 0 Å². The molecule has 1 aromatic heterocycles. The highest BCUT2D eigenvalue weighted by molar-refractivity contribution is 8.02. The number of carbonyl (C=O) groups is 2. The maximum atomic E-state index is 14.0. The zero-order valence-electron chi connectivity index (χ0n) is 14.8. The molecule has 5 nitrogen and oxygen atoms in total. The van der Waals surface area contributed by atoms with E-state index in [0.717, 1.165) is 40.1 Å². The predicted molar refractivity (Wildman–Crippen MR) is 108 cm³/mol. The standard InChI is InChI=1S/C20H13F2N3O2S2/c21-11-5-6-13(22)12(9-11)14-10-28-19(23-14)24-18(27)20-8-7-17(26)25(20)15-3-1-2-4-16(15)29-20/h1-6,9-10H,7-8H2,(H,23,24,27)/t20-/m0/s1. The van der Waals surface area contributed by atoms with Crippen molar-refractivity contribution in [3.8, 4) is 11.3 Å². The summed E-state index contributed by atoms with van der Waals surface area (Å²) in [4.78, 5) is 31.3. The van der Waals surface area contributed by atoms with Crippen LogP contribution in [0.4, 0.5) is 19.6 Å². The van der Waals surface area contributed by atoms with Crippen LogP contribution in [-0.4, -0.2) is 21.7 Å². The number of anilines is 2. The largest absolute Gasteiger partial charge is 0.299 e. The average Bonchev–Trinajstić information content (AvgIpc) is 3.38. The highest BCUT2D eigenvalue weighted by Crippen LogP contribution is 2.56. The van der Waals surface area contributed by atoms with Crippen LogP contribution in [0.2, 0.25) is 0 Å². The molecule has 0 aliphatic carbocycles. The second-order valence-electron chi connectivity index (χ2n) is 6.70. The van der Waals surface area contributed by atoms with E-state index < -0.39 is 16.5 Å². The quantitative estimate of drug-likeness (QED) is 0.658. The second kappa shape index (κ2) is 6.64. The van der Waals surface area contributed by atoms with Crippen molar-refractivity contribution in [2.45, 2.75) is 22.6 Å².